The molecule has 1 saturated carbocycles. The molecular weight excluding hydrogens is 396 g/mol. The molecule has 6 nitrogen and oxygen atoms in total. The Morgan fingerprint density at radius 3 is 2.89 bits per heavy atom. The summed E-state index contributed by atoms with van der Waals surface area (Å²) in [6.45, 7) is 0.354. The predicted molar refractivity (Wildman–Crippen MR) is 107 cm³/mol. The minimum Gasteiger partial charge on any atom is -0.484 e. The lowest BCUT2D eigenvalue weighted by Gasteiger charge is -2.11. The summed E-state index contributed by atoms with van der Waals surface area (Å²) in [5.41, 5.74) is 2.36. The molecule has 8 heteroatoms. The number of benzene rings is 1. The van der Waals surface area contributed by atoms with Gasteiger partial charge in [0.05, 0.1) is 10.7 Å². The molecule has 2 heterocycles. The van der Waals surface area contributed by atoms with E-state index in [1.54, 1.807) is 11.8 Å². The lowest BCUT2D eigenvalue weighted by atomic mass is 9.97. The zero-order valence-electron chi connectivity index (χ0n) is 15.4. The number of halogens is 1. The SMILES string of the molecule is Clc1ccccc1OCc1nnc(SCc2noc3c2CCCC3)n1C1CC1. The van der Waals surface area contributed by atoms with Crippen molar-refractivity contribution in [3.8, 4) is 5.75 Å². The zero-order valence-corrected chi connectivity index (χ0v) is 17.0. The molecule has 0 bridgehead atoms. The van der Waals surface area contributed by atoms with Gasteiger partial charge in [-0.3, -0.25) is 4.57 Å². The third-order valence-electron chi connectivity index (χ3n) is 5.21. The molecular formula is C20H21ClN4O2S. The summed E-state index contributed by atoms with van der Waals surface area (Å²) in [4.78, 5) is 0. The summed E-state index contributed by atoms with van der Waals surface area (Å²) in [6, 6.07) is 7.95. The summed E-state index contributed by atoms with van der Waals surface area (Å²) < 4.78 is 13.6. The molecule has 1 fully saturated rings. The molecule has 0 aliphatic heterocycles. The quantitative estimate of drug-likeness (QED) is 0.504. The number of fused-ring (bicyclic) bond motifs is 1. The largest absolute Gasteiger partial charge is 0.484 e. The van der Waals surface area contributed by atoms with Gasteiger partial charge in [0, 0.05) is 23.8 Å². The smallest absolute Gasteiger partial charge is 0.191 e. The van der Waals surface area contributed by atoms with Crippen LogP contribution in [0.25, 0.3) is 0 Å². The maximum Gasteiger partial charge on any atom is 0.191 e. The van der Waals surface area contributed by atoms with Crippen LogP contribution in [0.1, 0.15) is 54.6 Å². The third-order valence-corrected chi connectivity index (χ3v) is 6.48. The number of para-hydroxylation sites is 1. The van der Waals surface area contributed by atoms with Crippen LogP contribution in [0, 0.1) is 0 Å². The Morgan fingerprint density at radius 2 is 2.04 bits per heavy atom. The highest BCUT2D eigenvalue weighted by Crippen LogP contribution is 2.40. The van der Waals surface area contributed by atoms with Crippen LogP contribution in [0.2, 0.25) is 5.02 Å². The lowest BCUT2D eigenvalue weighted by molar-refractivity contribution is 0.288. The Hall–Kier alpha value is -1.99. The topological polar surface area (TPSA) is 66.0 Å². The number of hydrogen-bond acceptors (Lipinski definition) is 6. The Labute approximate surface area is 172 Å². The fourth-order valence-corrected chi connectivity index (χ4v) is 4.78. The fourth-order valence-electron chi connectivity index (χ4n) is 3.60. The first-order valence-corrected chi connectivity index (χ1v) is 11.1. The Balaban J connectivity index is 1.30. The maximum absolute atomic E-state index is 6.19. The number of nitrogens with zero attached hydrogens (tertiary/aromatic N) is 4. The monoisotopic (exact) mass is 416 g/mol. The summed E-state index contributed by atoms with van der Waals surface area (Å²) in [7, 11) is 0. The second-order valence-electron chi connectivity index (χ2n) is 7.25. The molecule has 0 radical (unpaired) electrons. The van der Waals surface area contributed by atoms with Crippen molar-refractivity contribution in [2.45, 2.75) is 62.1 Å². The number of rotatable bonds is 7. The minimum absolute atomic E-state index is 0.354. The highest BCUT2D eigenvalue weighted by molar-refractivity contribution is 7.98. The van der Waals surface area contributed by atoms with Gasteiger partial charge in [-0.2, -0.15) is 0 Å². The molecule has 0 N–H and O–H groups in total. The third kappa shape index (κ3) is 3.65. The van der Waals surface area contributed by atoms with E-state index in [1.807, 2.05) is 24.3 Å². The molecule has 0 amide bonds. The number of ether oxygens (including phenoxy) is 1. The van der Waals surface area contributed by atoms with Gasteiger partial charge >= 0.3 is 0 Å². The van der Waals surface area contributed by atoms with Crippen molar-refractivity contribution in [2.24, 2.45) is 0 Å². The molecule has 0 unspecified atom stereocenters. The first-order chi connectivity index (χ1) is 13.8. The van der Waals surface area contributed by atoms with Gasteiger partial charge in [0.15, 0.2) is 11.0 Å². The summed E-state index contributed by atoms with van der Waals surface area (Å²) in [5, 5.41) is 14.6. The van der Waals surface area contributed by atoms with E-state index in [0.717, 1.165) is 53.9 Å². The molecule has 2 aromatic heterocycles. The molecule has 5 rings (SSSR count). The van der Waals surface area contributed by atoms with E-state index in [9.17, 15) is 0 Å². The maximum atomic E-state index is 6.19. The Morgan fingerprint density at radius 1 is 1.18 bits per heavy atom. The first kappa shape index (κ1) is 18.1. The van der Waals surface area contributed by atoms with Crippen molar-refractivity contribution in [1.82, 2.24) is 19.9 Å². The van der Waals surface area contributed by atoms with Crippen LogP contribution in [0.4, 0.5) is 0 Å². The molecule has 0 spiro atoms. The normalized spacial score (nSPS) is 16.2. The van der Waals surface area contributed by atoms with E-state index < -0.39 is 0 Å². The lowest BCUT2D eigenvalue weighted by Crippen LogP contribution is -2.07. The Bertz CT molecular complexity index is 982. The molecule has 0 saturated heterocycles. The standard InChI is InChI=1S/C20H21ClN4O2S/c21-15-6-2-4-8-18(15)26-11-19-22-23-20(25(19)13-9-10-13)28-12-16-14-5-1-3-7-17(14)27-24-16/h2,4,6,8,13H,1,3,5,7,9-12H2. The van der Waals surface area contributed by atoms with Crippen molar-refractivity contribution in [1.29, 1.82) is 0 Å². The van der Waals surface area contributed by atoms with E-state index in [0.29, 0.717) is 23.4 Å². The van der Waals surface area contributed by atoms with Gasteiger partial charge in [-0.25, -0.2) is 0 Å². The molecule has 2 aliphatic rings. The number of aromatic nitrogens is 4. The highest BCUT2D eigenvalue weighted by Gasteiger charge is 2.30. The predicted octanol–water partition coefficient (Wildman–Crippen LogP) is 5.00. The van der Waals surface area contributed by atoms with Crippen molar-refractivity contribution in [3.63, 3.8) is 0 Å². The van der Waals surface area contributed by atoms with E-state index in [-0.39, 0.29) is 0 Å². The zero-order chi connectivity index (χ0) is 18.9. The van der Waals surface area contributed by atoms with Gasteiger partial charge in [-0.15, -0.1) is 10.2 Å². The fraction of sp³-hybridized carbons (Fsp3) is 0.450. The second-order valence-corrected chi connectivity index (χ2v) is 8.60. The average molecular weight is 417 g/mol. The summed E-state index contributed by atoms with van der Waals surface area (Å²) >= 11 is 7.86. The van der Waals surface area contributed by atoms with Crippen LogP contribution < -0.4 is 4.74 Å². The van der Waals surface area contributed by atoms with Gasteiger partial charge in [0.25, 0.3) is 0 Å². The van der Waals surface area contributed by atoms with Crippen LogP contribution >= 0.6 is 23.4 Å². The van der Waals surface area contributed by atoms with Crippen LogP contribution in [-0.4, -0.2) is 19.9 Å². The molecule has 0 atom stereocenters. The van der Waals surface area contributed by atoms with Gasteiger partial charge in [0.1, 0.15) is 18.1 Å². The van der Waals surface area contributed by atoms with Crippen LogP contribution in [0.15, 0.2) is 33.9 Å². The second kappa shape index (κ2) is 7.79. The van der Waals surface area contributed by atoms with Crippen LogP contribution in [0.3, 0.4) is 0 Å². The van der Waals surface area contributed by atoms with E-state index in [4.69, 9.17) is 20.9 Å². The van der Waals surface area contributed by atoms with Gasteiger partial charge in [-0.05, 0) is 44.2 Å². The van der Waals surface area contributed by atoms with Gasteiger partial charge in [-0.1, -0.05) is 40.7 Å². The highest BCUT2D eigenvalue weighted by atomic mass is 35.5. The average Bonchev–Trinajstić information content (AvgIpc) is 3.35. The number of thioether (sulfide) groups is 1. The summed E-state index contributed by atoms with van der Waals surface area (Å²) in [6.07, 6.45) is 6.80. The molecule has 146 valence electrons. The Kier molecular flexibility index (Phi) is 5.03. The van der Waals surface area contributed by atoms with Crippen molar-refractivity contribution in [3.05, 3.63) is 52.1 Å². The van der Waals surface area contributed by atoms with Crippen LogP contribution in [-0.2, 0) is 25.2 Å². The van der Waals surface area contributed by atoms with Crippen LogP contribution in [0.5, 0.6) is 5.75 Å². The van der Waals surface area contributed by atoms with Crippen molar-refractivity contribution in [2.75, 3.05) is 0 Å². The summed E-state index contributed by atoms with van der Waals surface area (Å²) in [5.74, 6) is 3.33. The van der Waals surface area contributed by atoms with Gasteiger partial charge in [0.2, 0.25) is 0 Å². The molecule has 3 aromatic rings. The van der Waals surface area contributed by atoms with Gasteiger partial charge < -0.3 is 9.26 Å². The van der Waals surface area contributed by atoms with E-state index >= 15 is 0 Å². The van der Waals surface area contributed by atoms with E-state index in [1.165, 1.54) is 18.4 Å². The number of aryl methyl sites for hydroxylation is 1. The minimum atomic E-state index is 0.354. The number of hydrogen-bond donors (Lipinski definition) is 0. The molecule has 2 aliphatic carbocycles. The first-order valence-electron chi connectivity index (χ1n) is 9.70. The van der Waals surface area contributed by atoms with E-state index in [2.05, 4.69) is 19.9 Å². The molecule has 1 aromatic carbocycles. The molecule has 28 heavy (non-hydrogen) atoms. The van der Waals surface area contributed by atoms with Crippen molar-refractivity contribution >= 4 is 23.4 Å². The van der Waals surface area contributed by atoms with Crippen molar-refractivity contribution < 1.29 is 9.26 Å².